The smallest absolute Gasteiger partial charge is 0.323 e. The Morgan fingerprint density at radius 3 is 2.67 bits per heavy atom. The first kappa shape index (κ1) is 17.4. The third kappa shape index (κ3) is 4.67. The fourth-order valence-corrected chi connectivity index (χ4v) is 2.21. The second-order valence-corrected chi connectivity index (χ2v) is 4.80. The van der Waals surface area contributed by atoms with Crippen molar-refractivity contribution in [3.63, 3.8) is 0 Å². The molecule has 0 amide bonds. The van der Waals surface area contributed by atoms with Crippen LogP contribution in [-0.2, 0) is 4.79 Å². The van der Waals surface area contributed by atoms with E-state index in [9.17, 15) is 18.7 Å². The summed E-state index contributed by atoms with van der Waals surface area (Å²) in [7, 11) is 0. The zero-order valence-electron chi connectivity index (χ0n) is 12.3. The highest BCUT2D eigenvalue weighted by molar-refractivity contribution is 5.78. The molecule has 0 fully saturated rings. The van der Waals surface area contributed by atoms with Crippen molar-refractivity contribution in [2.45, 2.75) is 38.6 Å². The molecule has 0 bridgehead atoms. The predicted molar refractivity (Wildman–Crippen MR) is 75.4 cm³/mol. The van der Waals surface area contributed by atoms with Crippen molar-refractivity contribution >= 4 is 5.97 Å². The van der Waals surface area contributed by atoms with E-state index in [2.05, 4.69) is 5.32 Å². The maximum Gasteiger partial charge on any atom is 0.323 e. The van der Waals surface area contributed by atoms with E-state index in [0.29, 0.717) is 25.8 Å². The van der Waals surface area contributed by atoms with E-state index in [1.165, 1.54) is 0 Å². The van der Waals surface area contributed by atoms with Gasteiger partial charge in [-0.05, 0) is 37.9 Å². The number of ether oxygens (including phenoxy) is 1. The third-order valence-corrected chi connectivity index (χ3v) is 3.43. The summed E-state index contributed by atoms with van der Waals surface area (Å²) in [5.41, 5.74) is -1.00. The molecule has 21 heavy (non-hydrogen) atoms. The number of hydrogen-bond donors (Lipinski definition) is 2. The number of carbonyl (C=O) groups is 1. The molecule has 0 saturated heterocycles. The second-order valence-electron chi connectivity index (χ2n) is 4.80. The number of aliphatic carboxylic acids is 1. The van der Waals surface area contributed by atoms with Gasteiger partial charge in [0, 0.05) is 6.07 Å². The van der Waals surface area contributed by atoms with Crippen molar-refractivity contribution in [1.29, 1.82) is 0 Å². The summed E-state index contributed by atoms with van der Waals surface area (Å²) in [6, 6.07) is 2.99. The zero-order valence-corrected chi connectivity index (χ0v) is 12.3. The van der Waals surface area contributed by atoms with Crippen LogP contribution in [0.5, 0.6) is 5.75 Å². The molecule has 1 aromatic rings. The van der Waals surface area contributed by atoms with Crippen molar-refractivity contribution in [2.75, 3.05) is 13.2 Å². The van der Waals surface area contributed by atoms with Gasteiger partial charge in [0.15, 0.2) is 11.6 Å². The average Bonchev–Trinajstić information content (AvgIpc) is 2.45. The van der Waals surface area contributed by atoms with Gasteiger partial charge in [0.1, 0.15) is 11.4 Å². The maximum atomic E-state index is 13.3. The molecule has 1 aromatic carbocycles. The molecule has 118 valence electrons. The molecule has 0 aliphatic carbocycles. The molecule has 4 nitrogen and oxygen atoms in total. The van der Waals surface area contributed by atoms with Crippen molar-refractivity contribution in [1.82, 2.24) is 5.32 Å². The summed E-state index contributed by atoms with van der Waals surface area (Å²) in [6.07, 6.45) is 1.21. The van der Waals surface area contributed by atoms with Crippen LogP contribution in [0.25, 0.3) is 0 Å². The molecule has 0 aliphatic rings. The lowest BCUT2D eigenvalue weighted by Gasteiger charge is -2.29. The lowest BCUT2D eigenvalue weighted by molar-refractivity contribution is -0.145. The summed E-state index contributed by atoms with van der Waals surface area (Å²) < 4.78 is 31.5. The Labute approximate surface area is 123 Å². The van der Waals surface area contributed by atoms with E-state index in [-0.39, 0.29) is 12.4 Å². The van der Waals surface area contributed by atoms with Crippen LogP contribution in [-0.4, -0.2) is 29.8 Å². The number of nitrogens with one attached hydrogen (secondary N) is 1. The summed E-state index contributed by atoms with van der Waals surface area (Å²) in [6.45, 7) is 4.30. The first-order valence-electron chi connectivity index (χ1n) is 7.01. The van der Waals surface area contributed by atoms with Crippen LogP contribution in [0.2, 0.25) is 0 Å². The standard InChI is InChI=1S/C15H21F2NO3/c1-3-15(14(19)20,18-4-2)8-5-9-21-13-10-11(16)6-7-12(13)17/h6-7,10,18H,3-5,8-9H2,1-2H3,(H,19,20). The molecule has 0 radical (unpaired) electrons. The largest absolute Gasteiger partial charge is 0.490 e. The van der Waals surface area contributed by atoms with Crippen LogP contribution < -0.4 is 10.1 Å². The number of rotatable bonds is 9. The van der Waals surface area contributed by atoms with Gasteiger partial charge in [-0.2, -0.15) is 0 Å². The van der Waals surface area contributed by atoms with Gasteiger partial charge in [-0.1, -0.05) is 13.8 Å². The van der Waals surface area contributed by atoms with Gasteiger partial charge < -0.3 is 15.2 Å². The van der Waals surface area contributed by atoms with E-state index < -0.39 is 23.1 Å². The first-order chi connectivity index (χ1) is 9.95. The summed E-state index contributed by atoms with van der Waals surface area (Å²) >= 11 is 0. The topological polar surface area (TPSA) is 58.6 Å². The van der Waals surface area contributed by atoms with Gasteiger partial charge in [0.2, 0.25) is 0 Å². The molecular weight excluding hydrogens is 280 g/mol. The zero-order chi connectivity index (χ0) is 15.9. The molecule has 1 atom stereocenters. The summed E-state index contributed by atoms with van der Waals surface area (Å²) in [5, 5.41) is 12.3. The van der Waals surface area contributed by atoms with E-state index in [1.54, 1.807) is 6.92 Å². The lowest BCUT2D eigenvalue weighted by atomic mass is 9.90. The Morgan fingerprint density at radius 1 is 1.38 bits per heavy atom. The van der Waals surface area contributed by atoms with Crippen molar-refractivity contribution in [3.05, 3.63) is 29.8 Å². The molecule has 0 saturated carbocycles. The lowest BCUT2D eigenvalue weighted by Crippen LogP contribution is -2.51. The highest BCUT2D eigenvalue weighted by Gasteiger charge is 2.34. The van der Waals surface area contributed by atoms with Crippen LogP contribution in [0.4, 0.5) is 8.78 Å². The minimum absolute atomic E-state index is 0.126. The number of benzene rings is 1. The van der Waals surface area contributed by atoms with E-state index >= 15 is 0 Å². The monoisotopic (exact) mass is 301 g/mol. The fourth-order valence-electron chi connectivity index (χ4n) is 2.21. The Balaban J connectivity index is 2.55. The summed E-state index contributed by atoms with van der Waals surface area (Å²) in [5.74, 6) is -2.28. The van der Waals surface area contributed by atoms with Crippen molar-refractivity contribution < 1.29 is 23.4 Å². The predicted octanol–water partition coefficient (Wildman–Crippen LogP) is 2.97. The van der Waals surface area contributed by atoms with Gasteiger partial charge in [-0.25, -0.2) is 8.78 Å². The number of carboxylic acids is 1. The molecule has 0 heterocycles. The Morgan fingerprint density at radius 2 is 2.10 bits per heavy atom. The van der Waals surface area contributed by atoms with Crippen LogP contribution in [0.3, 0.4) is 0 Å². The van der Waals surface area contributed by atoms with E-state index in [4.69, 9.17) is 4.74 Å². The summed E-state index contributed by atoms with van der Waals surface area (Å²) in [4.78, 5) is 11.4. The minimum atomic E-state index is -1.00. The SMILES string of the molecule is CCNC(CC)(CCCOc1cc(F)ccc1F)C(=O)O. The maximum absolute atomic E-state index is 13.3. The van der Waals surface area contributed by atoms with Crippen LogP contribution in [0, 0.1) is 11.6 Å². The molecule has 6 heteroatoms. The van der Waals surface area contributed by atoms with Crippen LogP contribution >= 0.6 is 0 Å². The van der Waals surface area contributed by atoms with Crippen molar-refractivity contribution in [3.8, 4) is 5.75 Å². The van der Waals surface area contributed by atoms with Gasteiger partial charge >= 0.3 is 5.97 Å². The average molecular weight is 301 g/mol. The number of halogens is 2. The Bertz CT molecular complexity index is 482. The normalized spacial score (nSPS) is 13.7. The van der Waals surface area contributed by atoms with E-state index in [1.807, 2.05) is 6.92 Å². The van der Waals surface area contributed by atoms with Gasteiger partial charge in [0.05, 0.1) is 6.61 Å². The number of carboxylic acid groups (broad SMARTS) is 1. The Hall–Kier alpha value is -1.69. The molecule has 1 unspecified atom stereocenters. The number of likely N-dealkylation sites (N-methyl/N-ethyl adjacent to an activating group) is 1. The molecule has 0 aliphatic heterocycles. The van der Waals surface area contributed by atoms with Crippen LogP contribution in [0.1, 0.15) is 33.1 Å². The molecule has 0 aromatic heterocycles. The van der Waals surface area contributed by atoms with Gasteiger partial charge in [0.25, 0.3) is 0 Å². The highest BCUT2D eigenvalue weighted by atomic mass is 19.1. The molecule has 2 N–H and O–H groups in total. The van der Waals surface area contributed by atoms with Gasteiger partial charge in [-0.3, -0.25) is 4.79 Å². The molecular formula is C15H21F2NO3. The number of hydrogen-bond acceptors (Lipinski definition) is 3. The van der Waals surface area contributed by atoms with E-state index in [0.717, 1.165) is 18.2 Å². The quantitative estimate of drug-likeness (QED) is 0.689. The van der Waals surface area contributed by atoms with Crippen LogP contribution in [0.15, 0.2) is 18.2 Å². The minimum Gasteiger partial charge on any atom is -0.490 e. The Kier molecular flexibility index (Phi) is 6.55. The third-order valence-electron chi connectivity index (χ3n) is 3.43. The van der Waals surface area contributed by atoms with Gasteiger partial charge in [-0.15, -0.1) is 0 Å². The first-order valence-corrected chi connectivity index (χ1v) is 7.01. The highest BCUT2D eigenvalue weighted by Crippen LogP contribution is 2.21. The molecule has 1 rings (SSSR count). The second kappa shape index (κ2) is 7.93. The van der Waals surface area contributed by atoms with Crippen molar-refractivity contribution in [2.24, 2.45) is 0 Å². The molecule has 0 spiro atoms. The fraction of sp³-hybridized carbons (Fsp3) is 0.533.